The Kier molecular flexibility index (Phi) is 6.02. The average Bonchev–Trinajstić information content (AvgIpc) is 3.24. The highest BCUT2D eigenvalue weighted by atomic mass is 32.1. The van der Waals surface area contributed by atoms with E-state index >= 15 is 0 Å². The molecule has 0 atom stereocenters. The summed E-state index contributed by atoms with van der Waals surface area (Å²) in [6, 6.07) is 16.4. The molecule has 2 aromatic carbocycles. The number of amides is 1. The van der Waals surface area contributed by atoms with Crippen LogP contribution in [0.1, 0.15) is 23.4 Å². The summed E-state index contributed by atoms with van der Waals surface area (Å²) in [6.45, 7) is 1.49. The second-order valence-corrected chi connectivity index (χ2v) is 8.15. The third kappa shape index (κ3) is 4.38. The van der Waals surface area contributed by atoms with E-state index in [9.17, 15) is 9.18 Å². The first-order valence-electron chi connectivity index (χ1n) is 9.79. The molecule has 1 N–H and O–H groups in total. The molecule has 29 heavy (non-hydrogen) atoms. The van der Waals surface area contributed by atoms with Crippen molar-refractivity contribution in [3.8, 4) is 11.3 Å². The standard InChI is InChI=1S/C23H23FN2O2S/c24-19-8-4-7-18(15-19)23(10-13-28-14-11-23)22(27)25-12-9-21-26-20(16-29-21)17-5-2-1-3-6-17/h1-8,15-16H,9-14H2,(H,25,27). The van der Waals surface area contributed by atoms with Crippen LogP contribution >= 0.6 is 11.3 Å². The number of nitrogens with zero attached hydrogens (tertiary/aromatic N) is 1. The SMILES string of the molecule is O=C(NCCc1nc(-c2ccccc2)cs1)C1(c2cccc(F)c2)CCOCC1. The first-order valence-corrected chi connectivity index (χ1v) is 10.7. The normalized spacial score (nSPS) is 15.8. The van der Waals surface area contributed by atoms with E-state index in [-0.39, 0.29) is 11.7 Å². The summed E-state index contributed by atoms with van der Waals surface area (Å²) >= 11 is 1.60. The first kappa shape index (κ1) is 19.7. The van der Waals surface area contributed by atoms with Crippen LogP contribution in [0.3, 0.4) is 0 Å². The third-order valence-corrected chi connectivity index (χ3v) is 6.31. The summed E-state index contributed by atoms with van der Waals surface area (Å²) in [7, 11) is 0. The fourth-order valence-electron chi connectivity index (χ4n) is 3.77. The van der Waals surface area contributed by atoms with Gasteiger partial charge in [-0.1, -0.05) is 42.5 Å². The minimum atomic E-state index is -0.738. The minimum Gasteiger partial charge on any atom is -0.381 e. The Bertz CT molecular complexity index is 968. The number of ether oxygens (including phenoxy) is 1. The predicted octanol–water partition coefficient (Wildman–Crippen LogP) is 4.36. The summed E-state index contributed by atoms with van der Waals surface area (Å²) in [6.07, 6.45) is 1.77. The predicted molar refractivity (Wildman–Crippen MR) is 112 cm³/mol. The van der Waals surface area contributed by atoms with E-state index in [1.165, 1.54) is 12.1 Å². The van der Waals surface area contributed by atoms with Crippen LogP contribution < -0.4 is 5.32 Å². The molecule has 1 saturated heterocycles. The fourth-order valence-corrected chi connectivity index (χ4v) is 4.58. The third-order valence-electron chi connectivity index (χ3n) is 5.40. The molecule has 2 heterocycles. The number of thiazole rings is 1. The van der Waals surface area contributed by atoms with E-state index < -0.39 is 5.41 Å². The van der Waals surface area contributed by atoms with Gasteiger partial charge < -0.3 is 10.1 Å². The second-order valence-electron chi connectivity index (χ2n) is 7.20. The summed E-state index contributed by atoms with van der Waals surface area (Å²) < 4.78 is 19.3. The number of carbonyl (C=O) groups excluding carboxylic acids is 1. The van der Waals surface area contributed by atoms with Crippen molar-refractivity contribution in [1.29, 1.82) is 0 Å². The van der Waals surface area contributed by atoms with Gasteiger partial charge in [-0.3, -0.25) is 4.79 Å². The zero-order valence-corrected chi connectivity index (χ0v) is 16.9. The fraction of sp³-hybridized carbons (Fsp3) is 0.304. The lowest BCUT2D eigenvalue weighted by Gasteiger charge is -2.36. The average molecular weight is 411 g/mol. The number of rotatable bonds is 6. The van der Waals surface area contributed by atoms with Crippen LogP contribution in [0.2, 0.25) is 0 Å². The quantitative estimate of drug-likeness (QED) is 0.657. The number of hydrogen-bond acceptors (Lipinski definition) is 4. The number of nitrogens with one attached hydrogen (secondary N) is 1. The van der Waals surface area contributed by atoms with Crippen molar-refractivity contribution in [2.75, 3.05) is 19.8 Å². The summed E-state index contributed by atoms with van der Waals surface area (Å²) in [5, 5.41) is 6.08. The zero-order valence-electron chi connectivity index (χ0n) is 16.1. The molecule has 0 radical (unpaired) electrons. The molecule has 1 aliphatic heterocycles. The maximum Gasteiger partial charge on any atom is 0.230 e. The van der Waals surface area contributed by atoms with Gasteiger partial charge in [0.1, 0.15) is 5.82 Å². The maximum absolute atomic E-state index is 13.8. The molecule has 0 aliphatic carbocycles. The lowest BCUT2D eigenvalue weighted by molar-refractivity contribution is -0.130. The highest BCUT2D eigenvalue weighted by Gasteiger charge is 2.41. The number of aromatic nitrogens is 1. The Morgan fingerprint density at radius 1 is 1.14 bits per heavy atom. The topological polar surface area (TPSA) is 51.2 Å². The summed E-state index contributed by atoms with van der Waals surface area (Å²) in [5.74, 6) is -0.386. The van der Waals surface area contributed by atoms with E-state index in [1.807, 2.05) is 41.8 Å². The monoisotopic (exact) mass is 410 g/mol. The van der Waals surface area contributed by atoms with Gasteiger partial charge in [-0.05, 0) is 30.5 Å². The molecule has 4 rings (SSSR count). The molecule has 0 saturated carbocycles. The molecule has 6 heteroatoms. The Balaban J connectivity index is 1.42. The van der Waals surface area contributed by atoms with E-state index in [0.29, 0.717) is 39.0 Å². The van der Waals surface area contributed by atoms with Gasteiger partial charge in [0.05, 0.1) is 16.1 Å². The van der Waals surface area contributed by atoms with Gasteiger partial charge in [-0.25, -0.2) is 9.37 Å². The van der Waals surface area contributed by atoms with Crippen LogP contribution in [0.4, 0.5) is 4.39 Å². The van der Waals surface area contributed by atoms with Crippen LogP contribution in [-0.4, -0.2) is 30.6 Å². The smallest absolute Gasteiger partial charge is 0.230 e. The lowest BCUT2D eigenvalue weighted by Crippen LogP contribution is -2.48. The highest BCUT2D eigenvalue weighted by Crippen LogP contribution is 2.35. The van der Waals surface area contributed by atoms with E-state index in [2.05, 4.69) is 10.3 Å². The van der Waals surface area contributed by atoms with Crippen LogP contribution in [0.5, 0.6) is 0 Å². The molecule has 3 aromatic rings. The number of carbonyl (C=O) groups is 1. The van der Waals surface area contributed by atoms with E-state index in [1.54, 1.807) is 17.4 Å². The van der Waals surface area contributed by atoms with Crippen LogP contribution in [-0.2, 0) is 21.4 Å². The number of hydrogen-bond donors (Lipinski definition) is 1. The van der Waals surface area contributed by atoms with Crippen molar-refractivity contribution in [2.45, 2.75) is 24.7 Å². The molecular formula is C23H23FN2O2S. The Labute approximate surface area is 173 Å². The number of benzene rings is 2. The van der Waals surface area contributed by atoms with Gasteiger partial charge in [0.25, 0.3) is 0 Å². The van der Waals surface area contributed by atoms with Crippen LogP contribution in [0.15, 0.2) is 60.0 Å². The van der Waals surface area contributed by atoms with Gasteiger partial charge in [0.15, 0.2) is 0 Å². The van der Waals surface area contributed by atoms with Gasteiger partial charge in [-0.2, -0.15) is 0 Å². The lowest BCUT2D eigenvalue weighted by atomic mass is 9.73. The largest absolute Gasteiger partial charge is 0.381 e. The molecule has 0 bridgehead atoms. The Morgan fingerprint density at radius 2 is 1.93 bits per heavy atom. The van der Waals surface area contributed by atoms with E-state index in [0.717, 1.165) is 21.8 Å². The first-order chi connectivity index (χ1) is 14.2. The zero-order chi connectivity index (χ0) is 20.1. The van der Waals surface area contributed by atoms with Crippen molar-refractivity contribution in [3.63, 3.8) is 0 Å². The molecule has 4 nitrogen and oxygen atoms in total. The van der Waals surface area contributed by atoms with Gasteiger partial charge in [0.2, 0.25) is 5.91 Å². The Hall–Kier alpha value is -2.57. The van der Waals surface area contributed by atoms with Gasteiger partial charge in [0, 0.05) is 37.1 Å². The summed E-state index contributed by atoms with van der Waals surface area (Å²) in [5.41, 5.74) is 2.03. The van der Waals surface area contributed by atoms with Crippen molar-refractivity contribution >= 4 is 17.2 Å². The second kappa shape index (κ2) is 8.84. The van der Waals surface area contributed by atoms with Gasteiger partial charge >= 0.3 is 0 Å². The molecule has 1 amide bonds. The number of halogens is 1. The van der Waals surface area contributed by atoms with E-state index in [4.69, 9.17) is 4.74 Å². The van der Waals surface area contributed by atoms with Crippen molar-refractivity contribution in [3.05, 3.63) is 76.4 Å². The highest BCUT2D eigenvalue weighted by molar-refractivity contribution is 7.09. The van der Waals surface area contributed by atoms with Crippen molar-refractivity contribution < 1.29 is 13.9 Å². The van der Waals surface area contributed by atoms with Crippen molar-refractivity contribution in [1.82, 2.24) is 10.3 Å². The van der Waals surface area contributed by atoms with Gasteiger partial charge in [-0.15, -0.1) is 11.3 Å². The molecule has 1 aromatic heterocycles. The molecular weight excluding hydrogens is 387 g/mol. The molecule has 1 fully saturated rings. The maximum atomic E-state index is 13.8. The molecule has 150 valence electrons. The van der Waals surface area contributed by atoms with Crippen LogP contribution in [0, 0.1) is 5.82 Å². The molecule has 1 aliphatic rings. The summed E-state index contributed by atoms with van der Waals surface area (Å²) in [4.78, 5) is 17.8. The minimum absolute atomic E-state index is 0.0637. The Morgan fingerprint density at radius 3 is 2.69 bits per heavy atom. The molecule has 0 unspecified atom stereocenters. The van der Waals surface area contributed by atoms with Crippen LogP contribution in [0.25, 0.3) is 11.3 Å². The molecule has 0 spiro atoms. The van der Waals surface area contributed by atoms with Crippen molar-refractivity contribution in [2.24, 2.45) is 0 Å².